The molecule has 0 bridgehead atoms. The van der Waals surface area contributed by atoms with Crippen LogP contribution in [0.4, 0.5) is 0 Å². The summed E-state index contributed by atoms with van der Waals surface area (Å²) < 4.78 is 1.61. The number of aliphatic hydroxyl groups excluding tert-OH is 1. The van der Waals surface area contributed by atoms with Gasteiger partial charge in [-0.2, -0.15) is 0 Å². The zero-order valence-corrected chi connectivity index (χ0v) is 11.1. The van der Waals surface area contributed by atoms with Crippen molar-refractivity contribution in [1.29, 1.82) is 0 Å². The highest BCUT2D eigenvalue weighted by Gasteiger charge is 2.20. The van der Waals surface area contributed by atoms with E-state index in [-0.39, 0.29) is 30.5 Å². The minimum absolute atomic E-state index is 0.00325. The average Bonchev–Trinajstić information content (AvgIpc) is 2.73. The number of pyridine rings is 1. The molecule has 0 aliphatic rings. The van der Waals surface area contributed by atoms with Gasteiger partial charge < -0.3 is 10.2 Å². The first-order valence-corrected chi connectivity index (χ1v) is 6.39. The van der Waals surface area contributed by atoms with E-state index in [9.17, 15) is 15.0 Å². The molecule has 0 saturated heterocycles. The van der Waals surface area contributed by atoms with Crippen LogP contribution in [-0.2, 0) is 0 Å². The maximum atomic E-state index is 12.3. The normalized spacial score (nSPS) is 12.8. The van der Waals surface area contributed by atoms with Gasteiger partial charge in [0.2, 0.25) is 0 Å². The summed E-state index contributed by atoms with van der Waals surface area (Å²) in [6, 6.07) is 3.21. The number of hydrogen-bond donors (Lipinski definition) is 2. The van der Waals surface area contributed by atoms with Crippen LogP contribution in [0.5, 0.6) is 5.75 Å². The molecule has 0 aromatic carbocycles. The van der Waals surface area contributed by atoms with E-state index in [2.05, 4.69) is 4.98 Å². The number of ketones is 1. The van der Waals surface area contributed by atoms with Crippen molar-refractivity contribution >= 4 is 11.4 Å². The van der Waals surface area contributed by atoms with Crippen molar-refractivity contribution in [3.63, 3.8) is 0 Å². The summed E-state index contributed by atoms with van der Waals surface area (Å²) in [6.45, 7) is 3.70. The molecule has 0 unspecified atom stereocenters. The fourth-order valence-electron chi connectivity index (χ4n) is 2.20. The summed E-state index contributed by atoms with van der Waals surface area (Å²) in [7, 11) is 0. The molecule has 2 rings (SSSR count). The summed E-state index contributed by atoms with van der Waals surface area (Å²) in [5.41, 5.74) is 1.47. The molecule has 19 heavy (non-hydrogen) atoms. The minimum Gasteiger partial charge on any atom is -0.504 e. The van der Waals surface area contributed by atoms with E-state index in [0.29, 0.717) is 17.0 Å². The zero-order valence-electron chi connectivity index (χ0n) is 11.1. The first-order valence-electron chi connectivity index (χ1n) is 6.39. The van der Waals surface area contributed by atoms with Gasteiger partial charge in [0.05, 0.1) is 5.69 Å². The predicted octanol–water partition coefficient (Wildman–Crippen LogP) is 1.94. The number of aryl methyl sites for hydroxylation is 1. The molecular formula is C14H18N2O3. The van der Waals surface area contributed by atoms with Crippen LogP contribution in [0.25, 0.3) is 5.65 Å². The van der Waals surface area contributed by atoms with E-state index in [1.807, 2.05) is 6.92 Å². The Labute approximate surface area is 111 Å². The quantitative estimate of drug-likeness (QED) is 0.807. The summed E-state index contributed by atoms with van der Waals surface area (Å²) in [5.74, 6) is -0.0369. The number of imidazole rings is 1. The third-order valence-corrected chi connectivity index (χ3v) is 3.38. The van der Waals surface area contributed by atoms with Crippen molar-refractivity contribution in [1.82, 2.24) is 9.38 Å². The Kier molecular flexibility index (Phi) is 3.85. The van der Waals surface area contributed by atoms with Crippen LogP contribution < -0.4 is 0 Å². The maximum absolute atomic E-state index is 12.3. The van der Waals surface area contributed by atoms with Crippen molar-refractivity contribution in [2.24, 2.45) is 5.92 Å². The molecule has 5 heteroatoms. The second-order valence-corrected chi connectivity index (χ2v) is 4.72. The molecule has 2 N–H and O–H groups in total. The van der Waals surface area contributed by atoms with Gasteiger partial charge in [0.15, 0.2) is 17.2 Å². The van der Waals surface area contributed by atoms with E-state index < -0.39 is 0 Å². The highest BCUT2D eigenvalue weighted by atomic mass is 16.3. The van der Waals surface area contributed by atoms with Gasteiger partial charge in [0.1, 0.15) is 5.69 Å². The molecule has 0 fully saturated rings. The van der Waals surface area contributed by atoms with Gasteiger partial charge in [-0.3, -0.25) is 9.20 Å². The van der Waals surface area contributed by atoms with Gasteiger partial charge >= 0.3 is 0 Å². The molecule has 0 aliphatic heterocycles. The number of carbonyl (C=O) groups excluding carboxylic acids is 1. The fourth-order valence-corrected chi connectivity index (χ4v) is 2.20. The smallest absolute Gasteiger partial charge is 0.181 e. The second-order valence-electron chi connectivity index (χ2n) is 4.72. The van der Waals surface area contributed by atoms with Crippen LogP contribution in [0.1, 0.15) is 35.9 Å². The van der Waals surface area contributed by atoms with Crippen LogP contribution in [0.15, 0.2) is 18.3 Å². The Morgan fingerprint density at radius 2 is 2.26 bits per heavy atom. The lowest BCUT2D eigenvalue weighted by molar-refractivity contribution is 0.0927. The van der Waals surface area contributed by atoms with Crippen LogP contribution in [0.3, 0.4) is 0 Å². The Morgan fingerprint density at radius 1 is 1.53 bits per heavy atom. The minimum atomic E-state index is -0.0588. The standard InChI is InChI=1S/C14H18N2O3/c1-3-10(8-17)7-12(19)13-9(2)15-14-11(18)5-4-6-16(13)14/h4-6,10,17-18H,3,7-8H2,1-2H3/t10-/m0/s1. The van der Waals surface area contributed by atoms with Gasteiger partial charge in [0, 0.05) is 19.2 Å². The fraction of sp³-hybridized carbons (Fsp3) is 0.429. The Hall–Kier alpha value is -1.88. The van der Waals surface area contributed by atoms with E-state index in [1.165, 1.54) is 0 Å². The Morgan fingerprint density at radius 3 is 2.89 bits per heavy atom. The SMILES string of the molecule is CC[C@H](CO)CC(=O)c1c(C)nc2c(O)cccn12. The number of nitrogens with zero attached hydrogens (tertiary/aromatic N) is 2. The molecule has 2 heterocycles. The molecule has 102 valence electrons. The maximum Gasteiger partial charge on any atom is 0.181 e. The largest absolute Gasteiger partial charge is 0.504 e. The van der Waals surface area contributed by atoms with Crippen LogP contribution >= 0.6 is 0 Å². The lowest BCUT2D eigenvalue weighted by Gasteiger charge is -2.10. The monoisotopic (exact) mass is 262 g/mol. The number of aromatic hydroxyl groups is 1. The predicted molar refractivity (Wildman–Crippen MR) is 71.4 cm³/mol. The van der Waals surface area contributed by atoms with Crippen LogP contribution in [0, 0.1) is 12.8 Å². The van der Waals surface area contributed by atoms with E-state index in [0.717, 1.165) is 6.42 Å². The average molecular weight is 262 g/mol. The first-order chi connectivity index (χ1) is 9.08. The molecule has 0 aliphatic carbocycles. The number of Topliss-reactive ketones (excluding diaryl/α,β-unsaturated/α-hetero) is 1. The first kappa shape index (κ1) is 13.5. The molecule has 0 spiro atoms. The molecule has 1 atom stereocenters. The number of aromatic nitrogens is 2. The molecule has 2 aromatic rings. The lowest BCUT2D eigenvalue weighted by Crippen LogP contribution is -2.14. The second kappa shape index (κ2) is 5.40. The van der Waals surface area contributed by atoms with Gasteiger partial charge in [-0.15, -0.1) is 0 Å². The van der Waals surface area contributed by atoms with Crippen LogP contribution in [0.2, 0.25) is 0 Å². The summed E-state index contributed by atoms with van der Waals surface area (Å²) in [5, 5.41) is 18.9. The van der Waals surface area contributed by atoms with Crippen molar-refractivity contribution in [3.05, 3.63) is 29.7 Å². The number of rotatable bonds is 5. The number of aliphatic hydroxyl groups is 1. The van der Waals surface area contributed by atoms with E-state index in [1.54, 1.807) is 29.7 Å². The third-order valence-electron chi connectivity index (χ3n) is 3.38. The zero-order chi connectivity index (χ0) is 14.0. The van der Waals surface area contributed by atoms with Gasteiger partial charge in [-0.05, 0) is 25.0 Å². The van der Waals surface area contributed by atoms with Crippen molar-refractivity contribution in [2.45, 2.75) is 26.7 Å². The summed E-state index contributed by atoms with van der Waals surface area (Å²) in [4.78, 5) is 16.5. The molecule has 2 aromatic heterocycles. The topological polar surface area (TPSA) is 74.8 Å². The van der Waals surface area contributed by atoms with E-state index >= 15 is 0 Å². The lowest BCUT2D eigenvalue weighted by atomic mass is 9.99. The van der Waals surface area contributed by atoms with Gasteiger partial charge in [-0.25, -0.2) is 4.98 Å². The van der Waals surface area contributed by atoms with Gasteiger partial charge in [0.25, 0.3) is 0 Å². The van der Waals surface area contributed by atoms with Crippen molar-refractivity contribution < 1.29 is 15.0 Å². The molecule has 5 nitrogen and oxygen atoms in total. The number of carbonyl (C=O) groups is 1. The van der Waals surface area contributed by atoms with E-state index in [4.69, 9.17) is 0 Å². The number of fused-ring (bicyclic) bond motifs is 1. The van der Waals surface area contributed by atoms with Crippen molar-refractivity contribution in [3.8, 4) is 5.75 Å². The highest BCUT2D eigenvalue weighted by molar-refractivity contribution is 5.96. The molecule has 0 saturated carbocycles. The van der Waals surface area contributed by atoms with Crippen molar-refractivity contribution in [2.75, 3.05) is 6.61 Å². The Bertz CT molecular complexity index is 600. The molecular weight excluding hydrogens is 244 g/mol. The van der Waals surface area contributed by atoms with Gasteiger partial charge in [-0.1, -0.05) is 13.3 Å². The number of hydrogen-bond acceptors (Lipinski definition) is 4. The van der Waals surface area contributed by atoms with Crippen LogP contribution in [-0.4, -0.2) is 32.0 Å². The summed E-state index contributed by atoms with van der Waals surface area (Å²) >= 11 is 0. The molecule has 0 radical (unpaired) electrons. The highest BCUT2D eigenvalue weighted by Crippen LogP contribution is 2.22. The Balaban J connectivity index is 2.42. The molecule has 0 amide bonds. The summed E-state index contributed by atoms with van der Waals surface area (Å²) in [6.07, 6.45) is 2.75. The third kappa shape index (κ3) is 2.46.